The van der Waals surface area contributed by atoms with Crippen LogP contribution in [0.15, 0.2) is 22.7 Å². The zero-order chi connectivity index (χ0) is 13.7. The first-order chi connectivity index (χ1) is 8.49. The fourth-order valence-corrected chi connectivity index (χ4v) is 2.47. The van der Waals surface area contributed by atoms with E-state index >= 15 is 0 Å². The Morgan fingerprint density at radius 1 is 1.56 bits per heavy atom. The summed E-state index contributed by atoms with van der Waals surface area (Å²) in [5.41, 5.74) is 0.961. The van der Waals surface area contributed by atoms with E-state index in [0.717, 1.165) is 15.8 Å². The molecular weight excluding hydrogens is 298 g/mol. The van der Waals surface area contributed by atoms with Gasteiger partial charge in [-0.15, -0.1) is 0 Å². The van der Waals surface area contributed by atoms with Crippen LogP contribution in [0.4, 0.5) is 0 Å². The van der Waals surface area contributed by atoms with Crippen molar-refractivity contribution in [1.82, 2.24) is 5.32 Å². The number of hydrogen-bond acceptors (Lipinski definition) is 3. The van der Waals surface area contributed by atoms with Crippen molar-refractivity contribution in [3.8, 4) is 5.75 Å². The van der Waals surface area contributed by atoms with Crippen LogP contribution in [0.1, 0.15) is 24.9 Å². The molecule has 2 atom stereocenters. The topological polar surface area (TPSA) is 58.6 Å². The predicted octanol–water partition coefficient (Wildman–Crippen LogP) is 2.83. The van der Waals surface area contributed by atoms with Crippen molar-refractivity contribution in [3.63, 3.8) is 0 Å². The van der Waals surface area contributed by atoms with Gasteiger partial charge in [0.2, 0.25) is 0 Å². The fourth-order valence-electron chi connectivity index (χ4n) is 2.09. The highest BCUT2D eigenvalue weighted by Crippen LogP contribution is 2.33. The first-order valence-corrected chi connectivity index (χ1v) is 6.51. The zero-order valence-electron chi connectivity index (χ0n) is 10.7. The van der Waals surface area contributed by atoms with E-state index in [1.165, 1.54) is 0 Å². The van der Waals surface area contributed by atoms with Gasteiger partial charge in [0.15, 0.2) is 0 Å². The van der Waals surface area contributed by atoms with E-state index in [1.54, 1.807) is 7.11 Å². The molecule has 0 fully saturated rings. The predicted molar refractivity (Wildman–Crippen MR) is 73.9 cm³/mol. The normalized spacial score (nSPS) is 14.0. The molecule has 0 spiro atoms. The Bertz CT molecular complexity index is 423. The Morgan fingerprint density at radius 3 is 2.72 bits per heavy atom. The molecule has 0 bridgehead atoms. The Hall–Kier alpha value is -1.07. The van der Waals surface area contributed by atoms with Crippen LogP contribution in [0.5, 0.6) is 5.75 Å². The molecule has 4 nitrogen and oxygen atoms in total. The summed E-state index contributed by atoms with van der Waals surface area (Å²) in [4.78, 5) is 10.8. The lowest BCUT2D eigenvalue weighted by molar-refractivity contribution is -0.138. The largest absolute Gasteiger partial charge is 0.496 e. The first kappa shape index (κ1) is 15.0. The number of aliphatic carboxylic acids is 1. The number of carboxylic acid groups (broad SMARTS) is 1. The molecule has 1 rings (SSSR count). The van der Waals surface area contributed by atoms with Crippen LogP contribution in [0, 0.1) is 5.92 Å². The van der Waals surface area contributed by atoms with Crippen molar-refractivity contribution in [3.05, 3.63) is 28.2 Å². The molecule has 0 aliphatic rings. The summed E-state index contributed by atoms with van der Waals surface area (Å²) in [5, 5.41) is 12.0. The number of carbonyl (C=O) groups is 1. The lowest BCUT2D eigenvalue weighted by Crippen LogP contribution is -2.25. The van der Waals surface area contributed by atoms with Crippen molar-refractivity contribution in [1.29, 1.82) is 0 Å². The number of methoxy groups -OCH3 is 1. The molecule has 1 aromatic carbocycles. The van der Waals surface area contributed by atoms with Gasteiger partial charge in [-0.3, -0.25) is 4.79 Å². The van der Waals surface area contributed by atoms with E-state index < -0.39 is 5.97 Å². The van der Waals surface area contributed by atoms with Crippen LogP contribution in [0.2, 0.25) is 0 Å². The molecule has 5 heteroatoms. The second-order valence-electron chi connectivity index (χ2n) is 4.23. The average molecular weight is 316 g/mol. The van der Waals surface area contributed by atoms with Gasteiger partial charge >= 0.3 is 5.97 Å². The van der Waals surface area contributed by atoms with Gasteiger partial charge in [-0.1, -0.05) is 22.9 Å². The van der Waals surface area contributed by atoms with Gasteiger partial charge in [-0.05, 0) is 31.2 Å². The van der Waals surface area contributed by atoms with E-state index in [1.807, 2.05) is 32.2 Å². The first-order valence-electron chi connectivity index (χ1n) is 5.72. The molecular formula is C13H18BrNO3. The SMILES string of the molecule is CNC(c1cc(Br)ccc1OC)C(C)CC(=O)O. The highest BCUT2D eigenvalue weighted by atomic mass is 79.9. The van der Waals surface area contributed by atoms with E-state index in [4.69, 9.17) is 9.84 Å². The third-order valence-electron chi connectivity index (χ3n) is 2.90. The second-order valence-corrected chi connectivity index (χ2v) is 5.14. The van der Waals surface area contributed by atoms with Crippen LogP contribution < -0.4 is 10.1 Å². The molecule has 0 aliphatic carbocycles. The number of ether oxygens (including phenoxy) is 1. The number of benzene rings is 1. The quantitative estimate of drug-likeness (QED) is 0.847. The van der Waals surface area contributed by atoms with Crippen LogP contribution in [-0.4, -0.2) is 25.2 Å². The van der Waals surface area contributed by atoms with Crippen LogP contribution >= 0.6 is 15.9 Å². The molecule has 0 heterocycles. The zero-order valence-corrected chi connectivity index (χ0v) is 12.3. The maximum atomic E-state index is 10.8. The second kappa shape index (κ2) is 6.75. The van der Waals surface area contributed by atoms with Gasteiger partial charge in [0.25, 0.3) is 0 Å². The molecule has 0 aliphatic heterocycles. The molecule has 2 N–H and O–H groups in total. The standard InChI is InChI=1S/C13H18BrNO3/c1-8(6-12(16)17)13(15-2)10-7-9(14)4-5-11(10)18-3/h4-5,7-8,13,15H,6H2,1-3H3,(H,16,17). The van der Waals surface area contributed by atoms with E-state index in [0.29, 0.717) is 0 Å². The average Bonchev–Trinajstić information content (AvgIpc) is 2.29. The summed E-state index contributed by atoms with van der Waals surface area (Å²) in [6.45, 7) is 1.91. The van der Waals surface area contributed by atoms with E-state index in [2.05, 4.69) is 21.2 Å². The summed E-state index contributed by atoms with van der Waals surface area (Å²) < 4.78 is 6.28. The van der Waals surface area contributed by atoms with Crippen molar-refractivity contribution >= 4 is 21.9 Å². The van der Waals surface area contributed by atoms with E-state index in [9.17, 15) is 4.79 Å². The molecule has 18 heavy (non-hydrogen) atoms. The van der Waals surface area contributed by atoms with E-state index in [-0.39, 0.29) is 18.4 Å². The highest BCUT2D eigenvalue weighted by molar-refractivity contribution is 9.10. The number of hydrogen-bond donors (Lipinski definition) is 2. The Morgan fingerprint density at radius 2 is 2.22 bits per heavy atom. The number of carboxylic acids is 1. The minimum absolute atomic E-state index is 0.0318. The van der Waals surface area contributed by atoms with Gasteiger partial charge in [0, 0.05) is 22.5 Å². The third kappa shape index (κ3) is 3.71. The molecule has 0 saturated heterocycles. The van der Waals surface area contributed by atoms with Gasteiger partial charge in [-0.25, -0.2) is 0 Å². The Kier molecular flexibility index (Phi) is 5.62. The van der Waals surface area contributed by atoms with Crippen molar-refractivity contribution in [2.75, 3.05) is 14.2 Å². The highest BCUT2D eigenvalue weighted by Gasteiger charge is 2.23. The summed E-state index contributed by atoms with van der Waals surface area (Å²) in [5.74, 6) is -0.0674. The summed E-state index contributed by atoms with van der Waals surface area (Å²) in [7, 11) is 3.44. The van der Waals surface area contributed by atoms with Crippen molar-refractivity contribution < 1.29 is 14.6 Å². The maximum absolute atomic E-state index is 10.8. The number of nitrogens with one attached hydrogen (secondary N) is 1. The van der Waals surface area contributed by atoms with Gasteiger partial charge < -0.3 is 15.2 Å². The van der Waals surface area contributed by atoms with Crippen LogP contribution in [0.25, 0.3) is 0 Å². The summed E-state index contributed by atoms with van der Waals surface area (Å²) in [6, 6.07) is 5.67. The molecule has 0 radical (unpaired) electrons. The molecule has 0 amide bonds. The maximum Gasteiger partial charge on any atom is 0.303 e. The Labute approximate surface area is 115 Å². The minimum Gasteiger partial charge on any atom is -0.496 e. The fraction of sp³-hybridized carbons (Fsp3) is 0.462. The molecule has 2 unspecified atom stereocenters. The monoisotopic (exact) mass is 315 g/mol. The van der Waals surface area contributed by atoms with Crippen LogP contribution in [-0.2, 0) is 4.79 Å². The number of halogens is 1. The number of rotatable bonds is 6. The molecule has 100 valence electrons. The van der Waals surface area contributed by atoms with Gasteiger partial charge in [-0.2, -0.15) is 0 Å². The third-order valence-corrected chi connectivity index (χ3v) is 3.40. The van der Waals surface area contributed by atoms with Crippen LogP contribution in [0.3, 0.4) is 0 Å². The van der Waals surface area contributed by atoms with Gasteiger partial charge in [0.1, 0.15) is 5.75 Å². The van der Waals surface area contributed by atoms with Crippen molar-refractivity contribution in [2.24, 2.45) is 5.92 Å². The lowest BCUT2D eigenvalue weighted by Gasteiger charge is -2.24. The summed E-state index contributed by atoms with van der Waals surface area (Å²) in [6.07, 6.45) is 0.112. The lowest BCUT2D eigenvalue weighted by atomic mass is 9.91. The van der Waals surface area contributed by atoms with Crippen molar-refractivity contribution in [2.45, 2.75) is 19.4 Å². The Balaban J connectivity index is 3.07. The minimum atomic E-state index is -0.795. The molecule has 1 aromatic rings. The van der Waals surface area contributed by atoms with Gasteiger partial charge in [0.05, 0.1) is 7.11 Å². The summed E-state index contributed by atoms with van der Waals surface area (Å²) >= 11 is 3.42. The molecule has 0 saturated carbocycles. The smallest absolute Gasteiger partial charge is 0.303 e. The molecule has 0 aromatic heterocycles.